The van der Waals surface area contributed by atoms with Gasteiger partial charge in [-0.25, -0.2) is 0 Å². The highest BCUT2D eigenvalue weighted by Gasteiger charge is 2.42. The minimum Gasteiger partial charge on any atom is -0.179 e. The first-order chi connectivity index (χ1) is 6.02. The maximum atomic E-state index is 5.96. The Balaban J connectivity index is 4.38. The van der Waals surface area contributed by atoms with Gasteiger partial charge in [-0.1, -0.05) is 6.92 Å². The first-order valence-electron chi connectivity index (χ1n) is 4.65. The number of hydrogen-bond donors (Lipinski definition) is 2. The Hall–Kier alpha value is 0.270. The molecule has 1 unspecified atom stereocenters. The summed E-state index contributed by atoms with van der Waals surface area (Å²) >= 11 is 0. The fourth-order valence-electron chi connectivity index (χ4n) is 1.05. The predicted octanol–water partition coefficient (Wildman–Crippen LogP) is 1.48. The molecule has 0 aliphatic carbocycles. The number of hydrogen-bond acceptors (Lipinski definition) is 4. The molecule has 0 aliphatic rings. The van der Waals surface area contributed by atoms with E-state index in [0.717, 1.165) is 6.42 Å². The van der Waals surface area contributed by atoms with Crippen LogP contribution < -0.4 is 10.2 Å². The van der Waals surface area contributed by atoms with Crippen molar-refractivity contribution in [2.24, 2.45) is 0 Å². The van der Waals surface area contributed by atoms with Crippen LogP contribution >= 0.6 is 7.94 Å². The molecular weight excluding hydrogens is 185 g/mol. The minimum absolute atomic E-state index is 0.274. The van der Waals surface area contributed by atoms with Crippen molar-refractivity contribution in [3.8, 4) is 0 Å². The molecule has 0 saturated carbocycles. The molecule has 0 aliphatic heterocycles. The van der Waals surface area contributed by atoms with Gasteiger partial charge in [-0.15, -0.1) is 14.8 Å². The molecule has 13 heavy (non-hydrogen) atoms. The zero-order chi connectivity index (χ0) is 10.5. The SMILES string of the molecule is CCC(C)O[P+](NC)(NC)N(C)C. The van der Waals surface area contributed by atoms with E-state index in [9.17, 15) is 0 Å². The standard InChI is InChI=1S/C8H23N3OP/c1-7-8(2)12-13(9-3,10-4)11(5)6/h8-10H,7H2,1-6H3/q+1. The van der Waals surface area contributed by atoms with Crippen molar-refractivity contribution < 1.29 is 4.52 Å². The van der Waals surface area contributed by atoms with Crippen molar-refractivity contribution in [3.05, 3.63) is 0 Å². The van der Waals surface area contributed by atoms with Gasteiger partial charge in [-0.2, -0.15) is 4.52 Å². The molecule has 0 radical (unpaired) electrons. The fraction of sp³-hybridized carbons (Fsp3) is 1.00. The van der Waals surface area contributed by atoms with E-state index in [-0.39, 0.29) is 6.10 Å². The average molecular weight is 208 g/mol. The Morgan fingerprint density at radius 2 is 1.77 bits per heavy atom. The van der Waals surface area contributed by atoms with Crippen LogP contribution in [0.1, 0.15) is 20.3 Å². The topological polar surface area (TPSA) is 36.5 Å². The number of nitrogens with one attached hydrogen (secondary N) is 2. The summed E-state index contributed by atoms with van der Waals surface area (Å²) < 4.78 is 8.04. The molecule has 0 aromatic carbocycles. The lowest BCUT2D eigenvalue weighted by Crippen LogP contribution is -2.36. The maximum absolute atomic E-state index is 5.96. The van der Waals surface area contributed by atoms with Gasteiger partial charge in [-0.05, 0) is 13.3 Å². The summed E-state index contributed by atoms with van der Waals surface area (Å²) in [6.07, 6.45) is 1.30. The van der Waals surface area contributed by atoms with E-state index < -0.39 is 7.94 Å². The summed E-state index contributed by atoms with van der Waals surface area (Å²) in [4.78, 5) is 0. The third-order valence-corrected chi connectivity index (χ3v) is 5.08. The number of rotatable bonds is 6. The summed E-state index contributed by atoms with van der Waals surface area (Å²) in [5.41, 5.74) is 0. The summed E-state index contributed by atoms with van der Waals surface area (Å²) in [5, 5.41) is 6.47. The second kappa shape index (κ2) is 5.89. The van der Waals surface area contributed by atoms with Gasteiger partial charge in [0.25, 0.3) is 0 Å². The van der Waals surface area contributed by atoms with E-state index in [4.69, 9.17) is 4.52 Å². The molecule has 0 saturated heterocycles. The molecular formula is C8H23N3OP+. The van der Waals surface area contributed by atoms with Crippen molar-refractivity contribution in [2.45, 2.75) is 26.4 Å². The van der Waals surface area contributed by atoms with Crippen LogP contribution in [0.5, 0.6) is 0 Å². The molecule has 0 aromatic rings. The van der Waals surface area contributed by atoms with E-state index in [1.807, 2.05) is 28.2 Å². The molecule has 0 aromatic heterocycles. The van der Waals surface area contributed by atoms with Crippen molar-refractivity contribution in [1.82, 2.24) is 14.8 Å². The van der Waals surface area contributed by atoms with Gasteiger partial charge >= 0.3 is 7.94 Å². The highest BCUT2D eigenvalue weighted by Crippen LogP contribution is 2.53. The number of nitrogens with zero attached hydrogens (tertiary/aromatic N) is 1. The molecule has 0 heterocycles. The lowest BCUT2D eigenvalue weighted by atomic mass is 10.3. The van der Waals surface area contributed by atoms with Gasteiger partial charge in [0.1, 0.15) is 6.10 Å². The van der Waals surface area contributed by atoms with Crippen molar-refractivity contribution in [3.63, 3.8) is 0 Å². The fourth-order valence-corrected chi connectivity index (χ4v) is 3.14. The molecule has 4 nitrogen and oxygen atoms in total. The second-order valence-electron chi connectivity index (χ2n) is 3.19. The average Bonchev–Trinajstić information content (AvgIpc) is 2.13. The van der Waals surface area contributed by atoms with Crippen LogP contribution in [-0.2, 0) is 4.52 Å². The van der Waals surface area contributed by atoms with E-state index >= 15 is 0 Å². The third kappa shape index (κ3) is 3.49. The van der Waals surface area contributed by atoms with Gasteiger partial charge in [0.05, 0.1) is 0 Å². The van der Waals surface area contributed by atoms with E-state index in [2.05, 4.69) is 28.7 Å². The Labute approximate surface area is 82.6 Å². The zero-order valence-corrected chi connectivity index (χ0v) is 10.5. The van der Waals surface area contributed by atoms with Crippen LogP contribution in [0.4, 0.5) is 0 Å². The van der Waals surface area contributed by atoms with Gasteiger partial charge in [0, 0.05) is 28.2 Å². The molecule has 0 amide bonds. The monoisotopic (exact) mass is 208 g/mol. The summed E-state index contributed by atoms with van der Waals surface area (Å²) in [7, 11) is 6.11. The van der Waals surface area contributed by atoms with E-state index in [0.29, 0.717) is 0 Å². The zero-order valence-electron chi connectivity index (χ0n) is 9.59. The predicted molar refractivity (Wildman–Crippen MR) is 59.6 cm³/mol. The molecule has 2 N–H and O–H groups in total. The van der Waals surface area contributed by atoms with Gasteiger partial charge in [0.2, 0.25) is 0 Å². The largest absolute Gasteiger partial charge is 0.365 e. The summed E-state index contributed by atoms with van der Waals surface area (Å²) in [5.74, 6) is 0. The molecule has 80 valence electrons. The van der Waals surface area contributed by atoms with Crippen LogP contribution in [0, 0.1) is 0 Å². The smallest absolute Gasteiger partial charge is 0.179 e. The first-order valence-corrected chi connectivity index (χ1v) is 6.31. The normalized spacial score (nSPS) is 15.0. The molecule has 1 atom stereocenters. The van der Waals surface area contributed by atoms with Crippen molar-refractivity contribution >= 4 is 7.94 Å². The van der Waals surface area contributed by atoms with Crippen LogP contribution in [0.3, 0.4) is 0 Å². The lowest BCUT2D eigenvalue weighted by molar-refractivity contribution is 0.207. The summed E-state index contributed by atoms with van der Waals surface area (Å²) in [6.45, 7) is 4.22. The quantitative estimate of drug-likeness (QED) is 0.648. The Morgan fingerprint density at radius 3 is 2.00 bits per heavy atom. The summed E-state index contributed by atoms with van der Waals surface area (Å²) in [6, 6.07) is 0. The highest BCUT2D eigenvalue weighted by atomic mass is 31.2. The van der Waals surface area contributed by atoms with Gasteiger partial charge in [0.15, 0.2) is 0 Å². The Morgan fingerprint density at radius 1 is 1.31 bits per heavy atom. The highest BCUT2D eigenvalue weighted by molar-refractivity contribution is 7.64. The second-order valence-corrected chi connectivity index (χ2v) is 6.25. The van der Waals surface area contributed by atoms with Crippen molar-refractivity contribution in [2.75, 3.05) is 28.2 Å². The first kappa shape index (κ1) is 13.3. The van der Waals surface area contributed by atoms with Gasteiger partial charge < -0.3 is 0 Å². The van der Waals surface area contributed by atoms with Crippen LogP contribution in [-0.4, -0.2) is 39.0 Å². The maximum Gasteiger partial charge on any atom is 0.365 e. The third-order valence-electron chi connectivity index (χ3n) is 2.08. The van der Waals surface area contributed by atoms with Crippen LogP contribution in [0.25, 0.3) is 0 Å². The Kier molecular flexibility index (Phi) is 6.01. The van der Waals surface area contributed by atoms with Crippen LogP contribution in [0.15, 0.2) is 0 Å². The molecule has 0 fully saturated rings. The molecule has 0 spiro atoms. The lowest BCUT2D eigenvalue weighted by Gasteiger charge is -2.29. The van der Waals surface area contributed by atoms with Gasteiger partial charge in [-0.3, -0.25) is 0 Å². The van der Waals surface area contributed by atoms with E-state index in [1.165, 1.54) is 0 Å². The Bertz CT molecular complexity index is 139. The molecule has 5 heteroatoms. The van der Waals surface area contributed by atoms with Crippen molar-refractivity contribution in [1.29, 1.82) is 0 Å². The molecule has 0 rings (SSSR count). The minimum atomic E-state index is -1.77. The van der Waals surface area contributed by atoms with E-state index in [1.54, 1.807) is 0 Å². The molecule has 0 bridgehead atoms. The van der Waals surface area contributed by atoms with Crippen LogP contribution in [0.2, 0.25) is 0 Å².